The molecule has 0 bridgehead atoms. The van der Waals surface area contributed by atoms with E-state index in [0.29, 0.717) is 24.5 Å². The largest absolute Gasteiger partial charge is 0.489 e. The summed E-state index contributed by atoms with van der Waals surface area (Å²) in [6.07, 6.45) is 0. The molecule has 126 valence electrons. The molecule has 0 fully saturated rings. The zero-order valence-electron chi connectivity index (χ0n) is 13.6. The Balaban J connectivity index is 1.52. The van der Waals surface area contributed by atoms with Gasteiger partial charge in [0.15, 0.2) is 0 Å². The summed E-state index contributed by atoms with van der Waals surface area (Å²) in [6.45, 7) is 0.836. The summed E-state index contributed by atoms with van der Waals surface area (Å²) in [7, 11) is 0. The van der Waals surface area contributed by atoms with E-state index in [4.69, 9.17) is 4.74 Å². The van der Waals surface area contributed by atoms with E-state index in [9.17, 15) is 9.18 Å². The highest BCUT2D eigenvalue weighted by atomic mass is 19.1. The third-order valence-corrected chi connectivity index (χ3v) is 3.73. The fraction of sp³-hybridized carbons (Fsp3) is 0.0952. The number of ether oxygens (including phenoxy) is 1. The van der Waals surface area contributed by atoms with Gasteiger partial charge in [0.05, 0.1) is 0 Å². The molecule has 0 radical (unpaired) electrons. The van der Waals surface area contributed by atoms with Crippen molar-refractivity contribution in [2.24, 2.45) is 0 Å². The maximum atomic E-state index is 12.9. The maximum Gasteiger partial charge on any atom is 0.251 e. The topological polar surface area (TPSA) is 38.3 Å². The van der Waals surface area contributed by atoms with E-state index in [2.05, 4.69) is 5.32 Å². The predicted molar refractivity (Wildman–Crippen MR) is 94.8 cm³/mol. The monoisotopic (exact) mass is 335 g/mol. The molecule has 3 aromatic rings. The van der Waals surface area contributed by atoms with Crippen LogP contribution in [0.4, 0.5) is 4.39 Å². The average molecular weight is 335 g/mol. The van der Waals surface area contributed by atoms with Gasteiger partial charge in [0.25, 0.3) is 5.91 Å². The van der Waals surface area contributed by atoms with Gasteiger partial charge in [-0.3, -0.25) is 4.79 Å². The molecule has 0 atom stereocenters. The van der Waals surface area contributed by atoms with E-state index in [0.717, 1.165) is 11.1 Å². The van der Waals surface area contributed by atoms with Crippen LogP contribution in [0.25, 0.3) is 0 Å². The molecule has 25 heavy (non-hydrogen) atoms. The van der Waals surface area contributed by atoms with Gasteiger partial charge in [-0.15, -0.1) is 0 Å². The van der Waals surface area contributed by atoms with Crippen molar-refractivity contribution in [2.75, 3.05) is 0 Å². The summed E-state index contributed by atoms with van der Waals surface area (Å²) in [5, 5.41) is 2.81. The van der Waals surface area contributed by atoms with Crippen LogP contribution >= 0.6 is 0 Å². The lowest BCUT2D eigenvalue weighted by atomic mass is 10.2. The van der Waals surface area contributed by atoms with Gasteiger partial charge in [0, 0.05) is 12.1 Å². The summed E-state index contributed by atoms with van der Waals surface area (Å²) >= 11 is 0. The molecular weight excluding hydrogens is 317 g/mol. The van der Waals surface area contributed by atoms with Crippen molar-refractivity contribution < 1.29 is 13.9 Å². The molecule has 0 aliphatic heterocycles. The Labute approximate surface area is 146 Å². The first-order valence-corrected chi connectivity index (χ1v) is 8.00. The first kappa shape index (κ1) is 16.7. The molecule has 0 saturated heterocycles. The van der Waals surface area contributed by atoms with Crippen LogP contribution in [0, 0.1) is 5.82 Å². The normalized spacial score (nSPS) is 10.3. The SMILES string of the molecule is O=C(NCc1ccc(F)cc1)c1ccc(OCc2ccccc2)cc1. The molecular formula is C21H18FNO2. The average Bonchev–Trinajstić information content (AvgIpc) is 2.67. The summed E-state index contributed by atoms with van der Waals surface area (Å²) in [5.41, 5.74) is 2.48. The van der Waals surface area contributed by atoms with E-state index in [1.807, 2.05) is 30.3 Å². The van der Waals surface area contributed by atoms with E-state index >= 15 is 0 Å². The van der Waals surface area contributed by atoms with E-state index in [1.165, 1.54) is 12.1 Å². The fourth-order valence-corrected chi connectivity index (χ4v) is 2.33. The lowest BCUT2D eigenvalue weighted by Crippen LogP contribution is -2.22. The number of rotatable bonds is 6. The third kappa shape index (κ3) is 4.91. The summed E-state index contributed by atoms with van der Waals surface area (Å²) in [4.78, 5) is 12.1. The molecule has 0 unspecified atom stereocenters. The highest BCUT2D eigenvalue weighted by molar-refractivity contribution is 5.94. The summed E-state index contributed by atoms with van der Waals surface area (Å²) in [5.74, 6) is 0.235. The quantitative estimate of drug-likeness (QED) is 0.728. The highest BCUT2D eigenvalue weighted by Gasteiger charge is 2.06. The van der Waals surface area contributed by atoms with Crippen LogP contribution in [-0.4, -0.2) is 5.91 Å². The van der Waals surface area contributed by atoms with Crippen LogP contribution < -0.4 is 10.1 Å². The smallest absolute Gasteiger partial charge is 0.251 e. The Hall–Kier alpha value is -3.14. The Morgan fingerprint density at radius 3 is 2.20 bits per heavy atom. The van der Waals surface area contributed by atoms with Crippen molar-refractivity contribution in [1.82, 2.24) is 5.32 Å². The summed E-state index contributed by atoms with van der Waals surface area (Å²) in [6, 6.07) is 22.9. The number of nitrogens with one attached hydrogen (secondary N) is 1. The lowest BCUT2D eigenvalue weighted by Gasteiger charge is -2.08. The van der Waals surface area contributed by atoms with Gasteiger partial charge in [0.2, 0.25) is 0 Å². The van der Waals surface area contributed by atoms with Crippen molar-refractivity contribution in [3.8, 4) is 5.75 Å². The first-order valence-electron chi connectivity index (χ1n) is 8.00. The van der Waals surface area contributed by atoms with Gasteiger partial charge in [-0.05, 0) is 47.5 Å². The molecule has 0 heterocycles. The number of carbonyl (C=O) groups is 1. The second-order valence-electron chi connectivity index (χ2n) is 5.61. The van der Waals surface area contributed by atoms with Gasteiger partial charge >= 0.3 is 0 Å². The van der Waals surface area contributed by atoms with Crippen molar-refractivity contribution in [3.63, 3.8) is 0 Å². The molecule has 0 saturated carbocycles. The molecule has 3 rings (SSSR count). The highest BCUT2D eigenvalue weighted by Crippen LogP contribution is 2.14. The first-order chi connectivity index (χ1) is 12.2. The van der Waals surface area contributed by atoms with Crippen LogP contribution in [0.2, 0.25) is 0 Å². The van der Waals surface area contributed by atoms with Crippen LogP contribution in [0.5, 0.6) is 5.75 Å². The van der Waals surface area contributed by atoms with Crippen LogP contribution in [0.15, 0.2) is 78.9 Å². The Morgan fingerprint density at radius 1 is 0.840 bits per heavy atom. The van der Waals surface area contributed by atoms with Crippen molar-refractivity contribution in [1.29, 1.82) is 0 Å². The third-order valence-electron chi connectivity index (χ3n) is 3.73. The fourth-order valence-electron chi connectivity index (χ4n) is 2.33. The number of hydrogen-bond donors (Lipinski definition) is 1. The van der Waals surface area contributed by atoms with Crippen LogP contribution in [0.3, 0.4) is 0 Å². The standard InChI is InChI=1S/C21H18FNO2/c22-19-10-6-16(7-11-19)14-23-21(24)18-8-12-20(13-9-18)25-15-17-4-2-1-3-5-17/h1-13H,14-15H2,(H,23,24). The maximum absolute atomic E-state index is 12.9. The Kier molecular flexibility index (Phi) is 5.42. The van der Waals surface area contributed by atoms with Gasteiger partial charge in [-0.2, -0.15) is 0 Å². The number of halogens is 1. The molecule has 1 amide bonds. The summed E-state index contributed by atoms with van der Waals surface area (Å²) < 4.78 is 18.6. The van der Waals surface area contributed by atoms with Crippen LogP contribution in [0.1, 0.15) is 21.5 Å². The van der Waals surface area contributed by atoms with Gasteiger partial charge in [-0.1, -0.05) is 42.5 Å². The Morgan fingerprint density at radius 2 is 1.52 bits per heavy atom. The van der Waals surface area contributed by atoms with Crippen LogP contribution in [-0.2, 0) is 13.2 Å². The molecule has 0 aliphatic rings. The minimum atomic E-state index is -0.291. The molecule has 0 spiro atoms. The second-order valence-corrected chi connectivity index (χ2v) is 5.61. The number of hydrogen-bond acceptors (Lipinski definition) is 2. The second kappa shape index (κ2) is 8.11. The lowest BCUT2D eigenvalue weighted by molar-refractivity contribution is 0.0951. The minimum absolute atomic E-state index is 0.182. The van der Waals surface area contributed by atoms with E-state index < -0.39 is 0 Å². The van der Waals surface area contributed by atoms with Gasteiger partial charge in [0.1, 0.15) is 18.2 Å². The van der Waals surface area contributed by atoms with Crippen molar-refractivity contribution in [3.05, 3.63) is 101 Å². The zero-order chi connectivity index (χ0) is 17.5. The zero-order valence-corrected chi connectivity index (χ0v) is 13.6. The van der Waals surface area contributed by atoms with E-state index in [-0.39, 0.29) is 11.7 Å². The molecule has 3 aromatic carbocycles. The molecule has 0 aromatic heterocycles. The van der Waals surface area contributed by atoms with Crippen molar-refractivity contribution in [2.45, 2.75) is 13.2 Å². The number of amides is 1. The van der Waals surface area contributed by atoms with Gasteiger partial charge < -0.3 is 10.1 Å². The Bertz CT molecular complexity index is 815. The molecule has 3 nitrogen and oxygen atoms in total. The van der Waals surface area contributed by atoms with Crippen molar-refractivity contribution >= 4 is 5.91 Å². The molecule has 0 aliphatic carbocycles. The predicted octanol–water partition coefficient (Wildman–Crippen LogP) is 4.33. The van der Waals surface area contributed by atoms with E-state index in [1.54, 1.807) is 36.4 Å². The number of carbonyl (C=O) groups excluding carboxylic acids is 1. The van der Waals surface area contributed by atoms with Gasteiger partial charge in [-0.25, -0.2) is 4.39 Å². The molecule has 1 N–H and O–H groups in total. The number of benzene rings is 3. The minimum Gasteiger partial charge on any atom is -0.489 e. The molecule has 4 heteroatoms.